The third-order valence-corrected chi connectivity index (χ3v) is 18.4. The van der Waals surface area contributed by atoms with Gasteiger partial charge in [-0.2, -0.15) is 0 Å². The van der Waals surface area contributed by atoms with Gasteiger partial charge in [0.1, 0.15) is 0 Å². The Kier molecular flexibility index (Phi) is 9.10. The Balaban J connectivity index is 1.05. The van der Waals surface area contributed by atoms with Gasteiger partial charge in [0.15, 0.2) is 8.07 Å². The fourth-order valence-corrected chi connectivity index (χ4v) is 16.1. The van der Waals surface area contributed by atoms with Gasteiger partial charge in [-0.05, 0) is 109 Å². The van der Waals surface area contributed by atoms with Crippen LogP contribution in [0.3, 0.4) is 0 Å². The summed E-state index contributed by atoms with van der Waals surface area (Å²) in [4.78, 5) is 4.94. The maximum atomic E-state index is 2.51. The summed E-state index contributed by atoms with van der Waals surface area (Å²) in [6.07, 6.45) is 0. The molecule has 0 saturated carbocycles. The molecule has 0 aromatic heterocycles. The van der Waals surface area contributed by atoms with Gasteiger partial charge in [0.2, 0.25) is 0 Å². The minimum atomic E-state index is -2.73. The zero-order chi connectivity index (χ0) is 42.5. The largest absolute Gasteiger partial charge is 0.311 e. The molecule has 0 saturated heterocycles. The van der Waals surface area contributed by atoms with Crippen molar-refractivity contribution in [3.63, 3.8) is 0 Å². The number of para-hydroxylation sites is 5. The molecule has 0 fully saturated rings. The van der Waals surface area contributed by atoms with Crippen molar-refractivity contribution in [2.24, 2.45) is 0 Å². The first-order valence-corrected chi connectivity index (χ1v) is 24.2. The van der Waals surface area contributed by atoms with Gasteiger partial charge in [-0.1, -0.05) is 212 Å². The fraction of sp³-hybridized carbons (Fsp3) is 0.0164. The fourth-order valence-electron chi connectivity index (χ4n) is 11.0. The Morgan fingerprint density at radius 2 is 0.672 bits per heavy atom. The molecule has 0 bridgehead atoms. The summed E-state index contributed by atoms with van der Waals surface area (Å²) in [7, 11) is -2.73. The first kappa shape index (κ1) is 37.8. The quantitative estimate of drug-likeness (QED) is 0.148. The maximum Gasteiger partial charge on any atom is 0.184 e. The lowest BCUT2D eigenvalue weighted by Crippen LogP contribution is -2.77. The van der Waals surface area contributed by atoms with Gasteiger partial charge in [-0.3, -0.25) is 0 Å². The van der Waals surface area contributed by atoms with Crippen LogP contribution in [0.4, 0.5) is 34.1 Å². The van der Waals surface area contributed by atoms with E-state index >= 15 is 0 Å². The van der Waals surface area contributed by atoms with Crippen LogP contribution in [0.5, 0.6) is 0 Å². The third-order valence-electron chi connectivity index (χ3n) is 13.6. The van der Waals surface area contributed by atoms with Crippen LogP contribution < -0.4 is 30.5 Å². The van der Waals surface area contributed by atoms with Crippen molar-refractivity contribution in [3.05, 3.63) is 289 Å². The highest BCUT2D eigenvalue weighted by molar-refractivity contribution is 7.21. The highest BCUT2D eigenvalue weighted by Crippen LogP contribution is 2.58. The molecule has 2 heterocycles. The van der Waals surface area contributed by atoms with Crippen LogP contribution >= 0.6 is 0 Å². The summed E-state index contributed by atoms with van der Waals surface area (Å²) in [5.41, 5.74) is 13.8. The van der Waals surface area contributed by atoms with Crippen LogP contribution in [-0.4, -0.2) is 8.07 Å². The van der Waals surface area contributed by atoms with Crippen LogP contribution in [0.2, 0.25) is 0 Å². The number of nitrogens with zero attached hydrogens (tertiary/aromatic N) is 2. The monoisotopic (exact) mass is 832 g/mol. The SMILES string of the molecule is c1ccc(N2c3ccccc3C(c3ccccc3)(c3cccc(-c4cccc(N5c6ccccc6[Si](c6ccccc6)(c6ccccc6)c6ccccc65)c4)c3)c3ccccc32)cc1. The molecule has 0 radical (unpaired) electrons. The van der Waals surface area contributed by atoms with Gasteiger partial charge in [0, 0.05) is 22.7 Å². The minimum absolute atomic E-state index is 0.596. The summed E-state index contributed by atoms with van der Waals surface area (Å²) >= 11 is 0. The molecule has 64 heavy (non-hydrogen) atoms. The number of hydrogen-bond donors (Lipinski definition) is 0. The summed E-state index contributed by atoms with van der Waals surface area (Å²) in [6.45, 7) is 0. The molecule has 2 aliphatic rings. The first-order valence-electron chi connectivity index (χ1n) is 22.2. The summed E-state index contributed by atoms with van der Waals surface area (Å²) in [5, 5.41) is 5.55. The molecule has 2 nitrogen and oxygen atoms in total. The maximum absolute atomic E-state index is 2.73. The lowest BCUT2D eigenvalue weighted by Gasteiger charge is -2.46. The Labute approximate surface area is 376 Å². The van der Waals surface area contributed by atoms with Crippen LogP contribution in [0.1, 0.15) is 22.3 Å². The Morgan fingerprint density at radius 3 is 1.23 bits per heavy atom. The van der Waals surface area contributed by atoms with E-state index in [4.69, 9.17) is 0 Å². The average molecular weight is 833 g/mol. The van der Waals surface area contributed by atoms with Crippen molar-refractivity contribution in [3.8, 4) is 11.1 Å². The van der Waals surface area contributed by atoms with E-state index in [2.05, 4.69) is 277 Å². The second-order valence-corrected chi connectivity index (χ2v) is 20.5. The predicted octanol–water partition coefficient (Wildman–Crippen LogP) is 12.7. The van der Waals surface area contributed by atoms with E-state index in [1.54, 1.807) is 0 Å². The summed E-state index contributed by atoms with van der Waals surface area (Å²) in [6, 6.07) is 99.0. The smallest absolute Gasteiger partial charge is 0.184 e. The van der Waals surface area contributed by atoms with Gasteiger partial charge in [0.25, 0.3) is 0 Å². The van der Waals surface area contributed by atoms with Crippen molar-refractivity contribution in [1.29, 1.82) is 0 Å². The van der Waals surface area contributed by atoms with E-state index in [9.17, 15) is 0 Å². The van der Waals surface area contributed by atoms with E-state index in [1.165, 1.54) is 76.9 Å². The Morgan fingerprint density at radius 1 is 0.281 bits per heavy atom. The topological polar surface area (TPSA) is 6.48 Å². The first-order chi connectivity index (χ1) is 31.8. The van der Waals surface area contributed by atoms with Gasteiger partial charge >= 0.3 is 0 Å². The van der Waals surface area contributed by atoms with Crippen molar-refractivity contribution in [1.82, 2.24) is 0 Å². The molecule has 2 aliphatic heterocycles. The van der Waals surface area contributed by atoms with Crippen molar-refractivity contribution in [2.75, 3.05) is 9.80 Å². The van der Waals surface area contributed by atoms with Crippen LogP contribution in [0.15, 0.2) is 267 Å². The molecule has 0 aliphatic carbocycles. The average Bonchev–Trinajstić information content (AvgIpc) is 3.38. The number of hydrogen-bond acceptors (Lipinski definition) is 2. The van der Waals surface area contributed by atoms with Crippen LogP contribution in [0, 0.1) is 0 Å². The van der Waals surface area contributed by atoms with E-state index in [0.717, 1.165) is 11.4 Å². The van der Waals surface area contributed by atoms with E-state index in [0.29, 0.717) is 0 Å². The number of fused-ring (bicyclic) bond motifs is 4. The molecule has 3 heteroatoms. The highest BCUT2D eigenvalue weighted by Gasteiger charge is 2.49. The van der Waals surface area contributed by atoms with Crippen molar-refractivity contribution >= 4 is 62.9 Å². The lowest BCUT2D eigenvalue weighted by atomic mass is 9.62. The summed E-state index contributed by atoms with van der Waals surface area (Å²) in [5.74, 6) is 0. The molecule has 0 unspecified atom stereocenters. The van der Waals surface area contributed by atoms with Crippen LogP contribution in [-0.2, 0) is 5.41 Å². The number of benzene rings is 10. The van der Waals surface area contributed by atoms with Gasteiger partial charge in [-0.25, -0.2) is 0 Å². The molecule has 0 N–H and O–H groups in total. The molecule has 0 atom stereocenters. The normalized spacial score (nSPS) is 14.1. The molecule has 10 aromatic rings. The van der Waals surface area contributed by atoms with Gasteiger partial charge < -0.3 is 9.80 Å². The number of rotatable bonds is 7. The summed E-state index contributed by atoms with van der Waals surface area (Å²) < 4.78 is 0. The zero-order valence-electron chi connectivity index (χ0n) is 35.3. The molecule has 0 spiro atoms. The number of anilines is 6. The van der Waals surface area contributed by atoms with E-state index in [-0.39, 0.29) is 0 Å². The minimum Gasteiger partial charge on any atom is -0.311 e. The predicted molar refractivity (Wildman–Crippen MR) is 270 cm³/mol. The molecule has 10 aromatic carbocycles. The Hall–Kier alpha value is -7.98. The standard InChI is InChI=1S/C61H44N2Si/c1-5-25-47(26-6-1)61(53-35-13-15-37-55(53)62(49-28-7-2-8-29-49)56-38-16-14-36-54(56)61)48-27-21-23-45(43-48)46-24-22-30-50(44-46)63-57-39-17-19-41-59(57)64(51-31-9-3-10-32-51,52-33-11-4-12-34-52)60-42-20-18-40-58(60)63/h1-44H. The van der Waals surface area contributed by atoms with Crippen molar-refractivity contribution < 1.29 is 0 Å². The van der Waals surface area contributed by atoms with E-state index in [1.807, 2.05) is 0 Å². The molecular formula is C61H44N2Si. The lowest BCUT2D eigenvalue weighted by molar-refractivity contribution is 0.731. The molecule has 12 rings (SSSR count). The third kappa shape index (κ3) is 5.64. The van der Waals surface area contributed by atoms with Crippen molar-refractivity contribution in [2.45, 2.75) is 5.41 Å². The second kappa shape index (κ2) is 15.4. The Bertz CT molecular complexity index is 3160. The molecule has 302 valence electrons. The second-order valence-electron chi connectivity index (χ2n) is 16.8. The van der Waals surface area contributed by atoms with E-state index < -0.39 is 13.5 Å². The van der Waals surface area contributed by atoms with Crippen LogP contribution in [0.25, 0.3) is 11.1 Å². The molecular weight excluding hydrogens is 789 g/mol. The van der Waals surface area contributed by atoms with Gasteiger partial charge in [0.05, 0.1) is 16.8 Å². The van der Waals surface area contributed by atoms with Gasteiger partial charge in [-0.15, -0.1) is 0 Å². The highest BCUT2D eigenvalue weighted by atomic mass is 28.3. The molecule has 0 amide bonds. The zero-order valence-corrected chi connectivity index (χ0v) is 36.3.